The highest BCUT2D eigenvalue weighted by molar-refractivity contribution is 7.71. The van der Waals surface area contributed by atoms with E-state index in [0.717, 1.165) is 21.6 Å². The van der Waals surface area contributed by atoms with E-state index in [4.69, 9.17) is 21.7 Å². The van der Waals surface area contributed by atoms with Gasteiger partial charge in [-0.05, 0) is 37.2 Å². The second-order valence-corrected chi connectivity index (χ2v) is 5.54. The Labute approximate surface area is 124 Å². The summed E-state index contributed by atoms with van der Waals surface area (Å²) in [5, 5.41) is 0. The molecule has 0 saturated heterocycles. The Bertz CT molecular complexity index is 630. The number of imidazole rings is 1. The highest BCUT2D eigenvalue weighted by Gasteiger charge is 2.19. The van der Waals surface area contributed by atoms with Crippen molar-refractivity contribution in [2.24, 2.45) is 5.92 Å². The lowest BCUT2D eigenvalue weighted by Gasteiger charge is -2.23. The number of hydrogen-bond acceptors (Lipinski definition) is 3. The number of rotatable bonds is 6. The molecule has 1 aromatic heterocycles. The van der Waals surface area contributed by atoms with Gasteiger partial charge < -0.3 is 19.0 Å². The Morgan fingerprint density at radius 3 is 2.70 bits per heavy atom. The Morgan fingerprint density at radius 2 is 2.10 bits per heavy atom. The minimum atomic E-state index is 0.211. The summed E-state index contributed by atoms with van der Waals surface area (Å²) in [7, 11) is 1.67. The molecule has 20 heavy (non-hydrogen) atoms. The van der Waals surface area contributed by atoms with Crippen LogP contribution in [0.4, 0.5) is 0 Å². The van der Waals surface area contributed by atoms with Crippen molar-refractivity contribution in [1.29, 1.82) is 0 Å². The van der Waals surface area contributed by atoms with E-state index < -0.39 is 0 Å². The van der Waals surface area contributed by atoms with Gasteiger partial charge in [0.1, 0.15) is 5.75 Å². The molecular weight excluding hydrogens is 272 g/mol. The van der Waals surface area contributed by atoms with Gasteiger partial charge in [0.15, 0.2) is 4.77 Å². The van der Waals surface area contributed by atoms with Gasteiger partial charge in [-0.15, -0.1) is 0 Å². The van der Waals surface area contributed by atoms with Gasteiger partial charge in [0.2, 0.25) is 0 Å². The van der Waals surface area contributed by atoms with Crippen LogP contribution in [-0.4, -0.2) is 29.9 Å². The molecule has 1 heterocycles. The van der Waals surface area contributed by atoms with Crippen LogP contribution >= 0.6 is 12.2 Å². The summed E-state index contributed by atoms with van der Waals surface area (Å²) in [6.45, 7) is 7.75. The van der Waals surface area contributed by atoms with Crippen LogP contribution in [0, 0.1) is 10.7 Å². The monoisotopic (exact) mass is 294 g/mol. The third-order valence-electron chi connectivity index (χ3n) is 3.52. The van der Waals surface area contributed by atoms with Crippen molar-refractivity contribution in [3.63, 3.8) is 0 Å². The van der Waals surface area contributed by atoms with E-state index in [1.165, 1.54) is 0 Å². The average molecular weight is 294 g/mol. The topological polar surface area (TPSA) is 39.2 Å². The second-order valence-electron chi connectivity index (χ2n) is 5.15. The van der Waals surface area contributed by atoms with E-state index in [0.29, 0.717) is 19.1 Å². The number of ether oxygens (including phenoxy) is 2. The van der Waals surface area contributed by atoms with E-state index in [-0.39, 0.29) is 6.04 Å². The highest BCUT2D eigenvalue weighted by atomic mass is 32.1. The summed E-state index contributed by atoms with van der Waals surface area (Å²) >= 11 is 5.49. The van der Waals surface area contributed by atoms with Gasteiger partial charge >= 0.3 is 0 Å². The predicted molar refractivity (Wildman–Crippen MR) is 84.0 cm³/mol. The van der Waals surface area contributed by atoms with Crippen molar-refractivity contribution in [3.8, 4) is 5.75 Å². The minimum Gasteiger partial charge on any atom is -0.497 e. The largest absolute Gasteiger partial charge is 0.497 e. The quantitative estimate of drug-likeness (QED) is 0.820. The zero-order chi connectivity index (χ0) is 14.7. The van der Waals surface area contributed by atoms with Gasteiger partial charge in [-0.25, -0.2) is 0 Å². The Kier molecular flexibility index (Phi) is 4.83. The normalized spacial score (nSPS) is 13.1. The third-order valence-corrected chi connectivity index (χ3v) is 3.82. The van der Waals surface area contributed by atoms with E-state index in [1.54, 1.807) is 7.11 Å². The number of benzene rings is 1. The fourth-order valence-electron chi connectivity index (χ4n) is 2.36. The molecule has 1 aromatic carbocycles. The van der Waals surface area contributed by atoms with Gasteiger partial charge in [-0.3, -0.25) is 0 Å². The first-order valence-corrected chi connectivity index (χ1v) is 7.35. The van der Waals surface area contributed by atoms with Crippen LogP contribution < -0.4 is 4.74 Å². The standard InChI is InChI=1S/C15H22N2O2S/c1-5-19-9-14(10(2)3)17-13-8-11(18-4)6-7-12(13)16-15(17)20/h6-8,10,14H,5,9H2,1-4H3,(H,16,20). The SMILES string of the molecule is CCOCC(C(C)C)n1c(=S)[nH]c2ccc(OC)cc21. The summed E-state index contributed by atoms with van der Waals surface area (Å²) in [5.74, 6) is 1.26. The minimum absolute atomic E-state index is 0.211. The first-order valence-electron chi connectivity index (χ1n) is 6.94. The molecular formula is C15H22N2O2S. The molecule has 0 fully saturated rings. The lowest BCUT2D eigenvalue weighted by Crippen LogP contribution is -2.21. The number of aromatic nitrogens is 2. The fraction of sp³-hybridized carbons (Fsp3) is 0.533. The van der Waals surface area contributed by atoms with Crippen LogP contribution in [0.1, 0.15) is 26.8 Å². The van der Waals surface area contributed by atoms with Crippen molar-refractivity contribution < 1.29 is 9.47 Å². The number of aromatic amines is 1. The van der Waals surface area contributed by atoms with Crippen molar-refractivity contribution in [3.05, 3.63) is 23.0 Å². The van der Waals surface area contributed by atoms with Crippen LogP contribution in [0.5, 0.6) is 5.75 Å². The molecule has 5 heteroatoms. The predicted octanol–water partition coefficient (Wildman–Crippen LogP) is 3.94. The molecule has 2 aromatic rings. The Morgan fingerprint density at radius 1 is 1.35 bits per heavy atom. The van der Waals surface area contributed by atoms with E-state index in [2.05, 4.69) is 23.4 Å². The first kappa shape index (κ1) is 15.1. The van der Waals surface area contributed by atoms with E-state index in [9.17, 15) is 0 Å². The molecule has 0 spiro atoms. The van der Waals surface area contributed by atoms with Crippen molar-refractivity contribution in [2.75, 3.05) is 20.3 Å². The maximum absolute atomic E-state index is 5.63. The van der Waals surface area contributed by atoms with E-state index in [1.807, 2.05) is 25.1 Å². The number of H-pyrrole nitrogens is 1. The van der Waals surface area contributed by atoms with Crippen LogP contribution in [0.2, 0.25) is 0 Å². The number of nitrogens with zero attached hydrogens (tertiary/aromatic N) is 1. The molecule has 0 aliphatic rings. The molecule has 0 aliphatic heterocycles. The Balaban J connectivity index is 2.54. The summed E-state index contributed by atoms with van der Waals surface area (Å²) in [6, 6.07) is 6.16. The maximum atomic E-state index is 5.63. The maximum Gasteiger partial charge on any atom is 0.178 e. The van der Waals surface area contributed by atoms with Gasteiger partial charge in [0.25, 0.3) is 0 Å². The summed E-state index contributed by atoms with van der Waals surface area (Å²) in [4.78, 5) is 3.26. The lowest BCUT2D eigenvalue weighted by atomic mass is 10.0. The van der Waals surface area contributed by atoms with Crippen molar-refractivity contribution >= 4 is 23.3 Å². The van der Waals surface area contributed by atoms with Crippen molar-refractivity contribution in [2.45, 2.75) is 26.8 Å². The molecule has 1 atom stereocenters. The molecule has 1 unspecified atom stereocenters. The van der Waals surface area contributed by atoms with Gasteiger partial charge in [-0.2, -0.15) is 0 Å². The van der Waals surface area contributed by atoms with Crippen molar-refractivity contribution in [1.82, 2.24) is 9.55 Å². The number of fused-ring (bicyclic) bond motifs is 1. The number of hydrogen-bond donors (Lipinski definition) is 1. The number of methoxy groups -OCH3 is 1. The summed E-state index contributed by atoms with van der Waals surface area (Å²) in [6.07, 6.45) is 0. The van der Waals surface area contributed by atoms with Crippen LogP contribution in [-0.2, 0) is 4.74 Å². The molecule has 110 valence electrons. The summed E-state index contributed by atoms with van der Waals surface area (Å²) in [5.41, 5.74) is 2.09. The zero-order valence-electron chi connectivity index (χ0n) is 12.5. The highest BCUT2D eigenvalue weighted by Crippen LogP contribution is 2.27. The van der Waals surface area contributed by atoms with Gasteiger partial charge in [0, 0.05) is 12.7 Å². The van der Waals surface area contributed by atoms with Crippen LogP contribution in [0.25, 0.3) is 11.0 Å². The average Bonchev–Trinajstić information content (AvgIpc) is 2.74. The second kappa shape index (κ2) is 6.41. The number of nitrogens with one attached hydrogen (secondary N) is 1. The first-order chi connectivity index (χ1) is 9.58. The van der Waals surface area contributed by atoms with Crippen LogP contribution in [0.15, 0.2) is 18.2 Å². The lowest BCUT2D eigenvalue weighted by molar-refractivity contribution is 0.0974. The molecule has 4 nitrogen and oxygen atoms in total. The summed E-state index contributed by atoms with van der Waals surface area (Å²) < 4.78 is 13.8. The molecule has 1 N–H and O–H groups in total. The molecule has 2 rings (SSSR count). The zero-order valence-corrected chi connectivity index (χ0v) is 13.3. The third kappa shape index (κ3) is 2.88. The smallest absolute Gasteiger partial charge is 0.178 e. The molecule has 0 amide bonds. The van der Waals surface area contributed by atoms with Crippen LogP contribution in [0.3, 0.4) is 0 Å². The molecule has 0 bridgehead atoms. The fourth-order valence-corrected chi connectivity index (χ4v) is 2.70. The molecule has 0 aliphatic carbocycles. The Hall–Kier alpha value is -1.33. The molecule has 0 radical (unpaired) electrons. The molecule has 0 saturated carbocycles. The van der Waals surface area contributed by atoms with E-state index >= 15 is 0 Å². The van der Waals surface area contributed by atoms with Gasteiger partial charge in [-0.1, -0.05) is 13.8 Å². The van der Waals surface area contributed by atoms with Gasteiger partial charge in [0.05, 0.1) is 30.8 Å².